The van der Waals surface area contributed by atoms with Gasteiger partial charge in [-0.2, -0.15) is 0 Å². The molecular weight excluding hydrogens is 252 g/mol. The van der Waals surface area contributed by atoms with E-state index in [-0.39, 0.29) is 5.78 Å². The lowest BCUT2D eigenvalue weighted by Crippen LogP contribution is -2.20. The first-order valence-electron chi connectivity index (χ1n) is 6.95. The third-order valence-corrected chi connectivity index (χ3v) is 3.20. The monoisotopic (exact) mass is 272 g/mol. The Morgan fingerprint density at radius 2 is 2.05 bits per heavy atom. The van der Waals surface area contributed by atoms with Crippen LogP contribution in [0, 0.1) is 0 Å². The van der Waals surface area contributed by atoms with Crippen molar-refractivity contribution >= 4 is 5.78 Å². The summed E-state index contributed by atoms with van der Waals surface area (Å²) in [5.41, 5.74) is 0.897. The molecule has 1 aromatic carbocycles. The lowest BCUT2D eigenvalue weighted by Gasteiger charge is -2.16. The molecule has 0 amide bonds. The van der Waals surface area contributed by atoms with Crippen molar-refractivity contribution in [3.8, 4) is 0 Å². The fourth-order valence-corrected chi connectivity index (χ4v) is 2.21. The van der Waals surface area contributed by atoms with Crippen molar-refractivity contribution in [1.29, 1.82) is 0 Å². The van der Waals surface area contributed by atoms with E-state index in [1.165, 1.54) is 0 Å². The van der Waals surface area contributed by atoms with Gasteiger partial charge in [0.1, 0.15) is 11.9 Å². The van der Waals surface area contributed by atoms with Gasteiger partial charge in [-0.1, -0.05) is 30.3 Å². The van der Waals surface area contributed by atoms with Gasteiger partial charge in [0.2, 0.25) is 0 Å². The van der Waals surface area contributed by atoms with Gasteiger partial charge < -0.3 is 9.30 Å². The SMILES string of the molecule is CCOC(C(=O)Cc1nccn1CC)c1ccccc1. The van der Waals surface area contributed by atoms with E-state index in [4.69, 9.17) is 4.74 Å². The highest BCUT2D eigenvalue weighted by Crippen LogP contribution is 2.20. The summed E-state index contributed by atoms with van der Waals surface area (Å²) in [5, 5.41) is 0. The van der Waals surface area contributed by atoms with Crippen LogP contribution >= 0.6 is 0 Å². The molecule has 1 heterocycles. The number of Topliss-reactive ketones (excluding diaryl/α,β-unsaturated/α-hetero) is 1. The molecule has 4 nitrogen and oxygen atoms in total. The zero-order valence-corrected chi connectivity index (χ0v) is 12.0. The third kappa shape index (κ3) is 3.33. The van der Waals surface area contributed by atoms with Crippen LogP contribution in [0.25, 0.3) is 0 Å². The molecule has 1 aromatic heterocycles. The van der Waals surface area contributed by atoms with Gasteiger partial charge in [-0.15, -0.1) is 0 Å². The van der Waals surface area contributed by atoms with Crippen LogP contribution in [0.15, 0.2) is 42.7 Å². The van der Waals surface area contributed by atoms with Gasteiger partial charge in [-0.25, -0.2) is 4.98 Å². The van der Waals surface area contributed by atoms with Crippen molar-refractivity contribution in [2.24, 2.45) is 0 Å². The second-order valence-corrected chi connectivity index (χ2v) is 4.52. The maximum Gasteiger partial charge on any atom is 0.173 e. The molecule has 0 saturated heterocycles. The molecule has 0 radical (unpaired) electrons. The number of carbonyl (C=O) groups excluding carboxylic acids is 1. The van der Waals surface area contributed by atoms with E-state index in [0.717, 1.165) is 17.9 Å². The summed E-state index contributed by atoms with van der Waals surface area (Å²) in [6, 6.07) is 9.61. The van der Waals surface area contributed by atoms with Crippen LogP contribution < -0.4 is 0 Å². The van der Waals surface area contributed by atoms with Gasteiger partial charge in [-0.05, 0) is 19.4 Å². The highest BCUT2D eigenvalue weighted by atomic mass is 16.5. The molecule has 0 aliphatic carbocycles. The minimum atomic E-state index is -0.511. The first-order valence-corrected chi connectivity index (χ1v) is 6.95. The summed E-state index contributed by atoms with van der Waals surface area (Å²) in [6.45, 7) is 5.25. The molecule has 1 unspecified atom stereocenters. The number of rotatable bonds is 7. The standard InChI is InChI=1S/C16H20N2O2/c1-3-18-11-10-17-15(18)12-14(19)16(20-4-2)13-8-6-5-7-9-13/h5-11,16H,3-4,12H2,1-2H3. The second-order valence-electron chi connectivity index (χ2n) is 4.52. The predicted octanol–water partition coefficient (Wildman–Crippen LogP) is 2.79. The largest absolute Gasteiger partial charge is 0.366 e. The van der Waals surface area contributed by atoms with Crippen LogP contribution in [0.2, 0.25) is 0 Å². The molecule has 4 heteroatoms. The Balaban J connectivity index is 2.16. The molecule has 0 bridgehead atoms. The van der Waals surface area contributed by atoms with Gasteiger partial charge in [-0.3, -0.25) is 4.79 Å². The number of benzene rings is 1. The van der Waals surface area contributed by atoms with E-state index in [0.29, 0.717) is 13.0 Å². The zero-order chi connectivity index (χ0) is 14.4. The fourth-order valence-electron chi connectivity index (χ4n) is 2.21. The lowest BCUT2D eigenvalue weighted by molar-refractivity contribution is -0.130. The van der Waals surface area contributed by atoms with E-state index < -0.39 is 6.10 Å². The van der Waals surface area contributed by atoms with Crippen molar-refractivity contribution in [2.45, 2.75) is 32.9 Å². The number of hydrogen-bond acceptors (Lipinski definition) is 3. The first kappa shape index (κ1) is 14.5. The van der Waals surface area contributed by atoms with Crippen LogP contribution in [0.1, 0.15) is 31.3 Å². The van der Waals surface area contributed by atoms with Crippen molar-refractivity contribution in [3.05, 3.63) is 54.1 Å². The quantitative estimate of drug-likeness (QED) is 0.778. The number of hydrogen-bond donors (Lipinski definition) is 0. The van der Waals surface area contributed by atoms with Gasteiger partial charge in [0.05, 0.1) is 6.42 Å². The summed E-state index contributed by atoms with van der Waals surface area (Å²) in [4.78, 5) is 16.7. The third-order valence-electron chi connectivity index (χ3n) is 3.20. The minimum Gasteiger partial charge on any atom is -0.366 e. The molecule has 0 aliphatic heterocycles. The average Bonchev–Trinajstić information content (AvgIpc) is 2.92. The number of ketones is 1. The van der Waals surface area contributed by atoms with E-state index >= 15 is 0 Å². The Morgan fingerprint density at radius 1 is 1.30 bits per heavy atom. The maximum absolute atomic E-state index is 12.5. The molecule has 2 aromatic rings. The Morgan fingerprint density at radius 3 is 2.70 bits per heavy atom. The van der Waals surface area contributed by atoms with Crippen LogP contribution in [0.3, 0.4) is 0 Å². The van der Waals surface area contributed by atoms with Crippen molar-refractivity contribution < 1.29 is 9.53 Å². The lowest BCUT2D eigenvalue weighted by atomic mass is 10.0. The van der Waals surface area contributed by atoms with Gasteiger partial charge in [0.25, 0.3) is 0 Å². The van der Waals surface area contributed by atoms with Crippen molar-refractivity contribution in [2.75, 3.05) is 6.61 Å². The zero-order valence-electron chi connectivity index (χ0n) is 12.0. The van der Waals surface area contributed by atoms with Gasteiger partial charge in [0.15, 0.2) is 5.78 Å². The van der Waals surface area contributed by atoms with Gasteiger partial charge >= 0.3 is 0 Å². The van der Waals surface area contributed by atoms with E-state index in [1.54, 1.807) is 6.20 Å². The Bertz CT molecular complexity index is 549. The molecule has 20 heavy (non-hydrogen) atoms. The summed E-state index contributed by atoms with van der Waals surface area (Å²) in [7, 11) is 0. The van der Waals surface area contributed by atoms with E-state index in [9.17, 15) is 4.79 Å². The average molecular weight is 272 g/mol. The molecule has 0 saturated carbocycles. The number of aryl methyl sites for hydroxylation is 1. The first-order chi connectivity index (χ1) is 9.76. The Labute approximate surface area is 119 Å². The Hall–Kier alpha value is -1.94. The predicted molar refractivity (Wildman–Crippen MR) is 77.4 cm³/mol. The highest BCUT2D eigenvalue weighted by Gasteiger charge is 2.22. The Kier molecular flexibility index (Phi) is 5.07. The summed E-state index contributed by atoms with van der Waals surface area (Å²) in [6.07, 6.45) is 3.40. The number of nitrogens with zero attached hydrogens (tertiary/aromatic N) is 2. The molecular formula is C16H20N2O2. The number of ether oxygens (including phenoxy) is 1. The minimum absolute atomic E-state index is 0.0407. The number of aromatic nitrogens is 2. The highest BCUT2D eigenvalue weighted by molar-refractivity contribution is 5.85. The van der Waals surface area contributed by atoms with Crippen LogP contribution in [-0.2, 0) is 22.5 Å². The smallest absolute Gasteiger partial charge is 0.173 e. The summed E-state index contributed by atoms with van der Waals surface area (Å²) in [5.74, 6) is 0.831. The number of carbonyl (C=O) groups is 1. The molecule has 0 N–H and O–H groups in total. The van der Waals surface area contributed by atoms with Crippen LogP contribution in [0.4, 0.5) is 0 Å². The van der Waals surface area contributed by atoms with Gasteiger partial charge in [0, 0.05) is 25.5 Å². The summed E-state index contributed by atoms with van der Waals surface area (Å²) >= 11 is 0. The molecule has 0 aliphatic rings. The number of imidazole rings is 1. The van der Waals surface area contributed by atoms with E-state index in [1.807, 2.05) is 54.9 Å². The molecule has 2 rings (SSSR count). The molecule has 106 valence electrons. The fraction of sp³-hybridized carbons (Fsp3) is 0.375. The molecule has 0 fully saturated rings. The molecule has 1 atom stereocenters. The summed E-state index contributed by atoms with van der Waals surface area (Å²) < 4.78 is 7.60. The normalized spacial score (nSPS) is 12.3. The van der Waals surface area contributed by atoms with Crippen LogP contribution in [-0.4, -0.2) is 21.9 Å². The van der Waals surface area contributed by atoms with Crippen LogP contribution in [0.5, 0.6) is 0 Å². The maximum atomic E-state index is 12.5. The molecule has 0 spiro atoms. The topological polar surface area (TPSA) is 44.1 Å². The van der Waals surface area contributed by atoms with Crippen molar-refractivity contribution in [1.82, 2.24) is 9.55 Å². The second kappa shape index (κ2) is 7.01. The van der Waals surface area contributed by atoms with Crippen molar-refractivity contribution in [3.63, 3.8) is 0 Å². The van der Waals surface area contributed by atoms with E-state index in [2.05, 4.69) is 4.98 Å².